The first kappa shape index (κ1) is 25.2. The first-order valence-corrected chi connectivity index (χ1v) is 10.9. The summed E-state index contributed by atoms with van der Waals surface area (Å²) in [6.07, 6.45) is 0.140. The number of carbonyl (C=O) groups is 2. The summed E-state index contributed by atoms with van der Waals surface area (Å²) in [4.78, 5) is 23.4. The lowest BCUT2D eigenvalue weighted by Gasteiger charge is -2.16. The van der Waals surface area contributed by atoms with Crippen LogP contribution in [0, 0.1) is 11.3 Å². The second-order valence-corrected chi connectivity index (χ2v) is 8.51. The molecule has 0 aliphatic rings. The van der Waals surface area contributed by atoms with Crippen LogP contribution in [-0.4, -0.2) is 18.4 Å². The molecule has 0 atom stereocenters. The summed E-state index contributed by atoms with van der Waals surface area (Å²) in [5, 5.41) is 10.3. The van der Waals surface area contributed by atoms with E-state index in [4.69, 9.17) is 61.0 Å². The second-order valence-electron chi connectivity index (χ2n) is 7.23. The van der Waals surface area contributed by atoms with Crippen molar-refractivity contribution in [1.82, 2.24) is 0 Å². The van der Waals surface area contributed by atoms with Gasteiger partial charge in [0.15, 0.2) is 6.61 Å². The number of primary amides is 2. The normalized spacial score (nSPS) is 10.4. The van der Waals surface area contributed by atoms with E-state index in [0.717, 1.165) is 5.56 Å². The van der Waals surface area contributed by atoms with Crippen molar-refractivity contribution in [2.24, 2.45) is 11.5 Å². The number of rotatable bonds is 9. The van der Waals surface area contributed by atoms with Crippen molar-refractivity contribution < 1.29 is 19.1 Å². The Bertz CT molecular complexity index is 1290. The number of nitrogens with two attached hydrogens (primary N) is 2. The number of benzene rings is 3. The van der Waals surface area contributed by atoms with Gasteiger partial charge in [0, 0.05) is 27.1 Å². The van der Waals surface area contributed by atoms with E-state index in [0.29, 0.717) is 32.5 Å². The maximum atomic E-state index is 12.2. The van der Waals surface area contributed by atoms with Crippen LogP contribution in [0.3, 0.4) is 0 Å². The topological polar surface area (TPSA) is 128 Å². The minimum Gasteiger partial charge on any atom is -0.489 e. The van der Waals surface area contributed by atoms with Gasteiger partial charge in [0.25, 0.3) is 5.91 Å². The second kappa shape index (κ2) is 11.1. The van der Waals surface area contributed by atoms with Gasteiger partial charge in [0.2, 0.25) is 5.91 Å². The molecule has 0 aliphatic carbocycles. The van der Waals surface area contributed by atoms with Crippen molar-refractivity contribution in [2.45, 2.75) is 13.0 Å². The van der Waals surface area contributed by atoms with E-state index < -0.39 is 11.8 Å². The number of hydrogen-bond donors (Lipinski definition) is 2. The van der Waals surface area contributed by atoms with Crippen LogP contribution in [0.5, 0.6) is 11.5 Å². The number of ether oxygens (including phenoxy) is 2. The Labute approximate surface area is 210 Å². The van der Waals surface area contributed by atoms with Gasteiger partial charge in [0.05, 0.1) is 11.6 Å². The van der Waals surface area contributed by atoms with Crippen molar-refractivity contribution in [3.05, 3.63) is 91.4 Å². The summed E-state index contributed by atoms with van der Waals surface area (Å²) >= 11 is 18.5. The number of nitrogens with zero attached hydrogens (tertiary/aromatic N) is 1. The van der Waals surface area contributed by atoms with E-state index in [1.807, 2.05) is 6.07 Å². The quantitative estimate of drug-likeness (QED) is 0.426. The standard InChI is InChI=1S/C24H18Cl3N3O4/c25-16-3-14(4-17(26)7-16)11-33-18-8-20(24(30)32)19(21(27)9-18)6-15-2-1-13(10-28)5-22(15)34-12-23(29)31/h1-5,7-9H,6,11-12H2,(H2,29,31)(H2,30,32). The molecule has 4 N–H and O–H groups in total. The Hall–Kier alpha value is -3.44. The molecule has 0 aliphatic heterocycles. The summed E-state index contributed by atoms with van der Waals surface area (Å²) in [5.74, 6) is -0.792. The molecule has 0 spiro atoms. The van der Waals surface area contributed by atoms with Gasteiger partial charge in [-0.25, -0.2) is 0 Å². The lowest BCUT2D eigenvalue weighted by Crippen LogP contribution is -2.20. The predicted octanol–water partition coefficient (Wildman–Crippen LogP) is 4.65. The van der Waals surface area contributed by atoms with Gasteiger partial charge in [-0.3, -0.25) is 9.59 Å². The predicted molar refractivity (Wildman–Crippen MR) is 129 cm³/mol. The third-order valence-corrected chi connectivity index (χ3v) is 5.47. The third kappa shape index (κ3) is 6.55. The van der Waals surface area contributed by atoms with E-state index in [1.54, 1.807) is 36.4 Å². The fourth-order valence-electron chi connectivity index (χ4n) is 3.20. The summed E-state index contributed by atoms with van der Waals surface area (Å²) in [7, 11) is 0. The van der Waals surface area contributed by atoms with Crippen LogP contribution in [-0.2, 0) is 17.8 Å². The van der Waals surface area contributed by atoms with Crippen LogP contribution in [0.1, 0.15) is 32.6 Å². The number of halogens is 3. The average molecular weight is 519 g/mol. The molecular weight excluding hydrogens is 501 g/mol. The minimum atomic E-state index is -0.707. The highest BCUT2D eigenvalue weighted by molar-refractivity contribution is 6.34. The van der Waals surface area contributed by atoms with Crippen LogP contribution in [0.2, 0.25) is 15.1 Å². The van der Waals surface area contributed by atoms with Crippen molar-refractivity contribution >= 4 is 46.6 Å². The number of nitriles is 1. The molecule has 0 heterocycles. The third-order valence-electron chi connectivity index (χ3n) is 4.70. The molecule has 0 bridgehead atoms. The van der Waals surface area contributed by atoms with Gasteiger partial charge >= 0.3 is 0 Å². The molecule has 0 radical (unpaired) electrons. The molecule has 0 aromatic heterocycles. The molecular formula is C24H18Cl3N3O4. The molecule has 0 fully saturated rings. The molecule has 0 saturated carbocycles. The van der Waals surface area contributed by atoms with Crippen molar-refractivity contribution in [3.8, 4) is 17.6 Å². The number of hydrogen-bond acceptors (Lipinski definition) is 5. The lowest BCUT2D eigenvalue weighted by atomic mass is 9.97. The summed E-state index contributed by atoms with van der Waals surface area (Å²) in [6, 6.07) is 14.8. The Balaban J connectivity index is 1.91. The molecule has 0 saturated heterocycles. The van der Waals surface area contributed by atoms with E-state index in [-0.39, 0.29) is 36.0 Å². The summed E-state index contributed by atoms with van der Waals surface area (Å²) in [5.41, 5.74) is 13.0. The van der Waals surface area contributed by atoms with Gasteiger partial charge in [-0.2, -0.15) is 5.26 Å². The molecule has 174 valence electrons. The van der Waals surface area contributed by atoms with Gasteiger partial charge in [0.1, 0.15) is 18.1 Å². The van der Waals surface area contributed by atoms with Crippen molar-refractivity contribution in [3.63, 3.8) is 0 Å². The zero-order chi connectivity index (χ0) is 24.8. The number of carbonyl (C=O) groups excluding carboxylic acids is 2. The molecule has 3 aromatic carbocycles. The highest BCUT2D eigenvalue weighted by Gasteiger charge is 2.18. The Morgan fingerprint density at radius 2 is 1.65 bits per heavy atom. The van der Waals surface area contributed by atoms with E-state index in [9.17, 15) is 9.59 Å². The zero-order valence-electron chi connectivity index (χ0n) is 17.6. The zero-order valence-corrected chi connectivity index (χ0v) is 19.9. The van der Waals surface area contributed by atoms with Gasteiger partial charge in [-0.15, -0.1) is 0 Å². The molecule has 2 amide bonds. The first-order valence-electron chi connectivity index (χ1n) is 9.80. The van der Waals surface area contributed by atoms with Crippen LogP contribution in [0.15, 0.2) is 48.5 Å². The fraction of sp³-hybridized carbons (Fsp3) is 0.125. The van der Waals surface area contributed by atoms with Crippen molar-refractivity contribution in [2.75, 3.05) is 6.61 Å². The largest absolute Gasteiger partial charge is 0.489 e. The monoisotopic (exact) mass is 517 g/mol. The lowest BCUT2D eigenvalue weighted by molar-refractivity contribution is -0.119. The van der Waals surface area contributed by atoms with Crippen molar-refractivity contribution in [1.29, 1.82) is 5.26 Å². The van der Waals surface area contributed by atoms with E-state index in [2.05, 4.69) is 0 Å². The number of amides is 2. The van der Waals surface area contributed by atoms with Crippen LogP contribution in [0.25, 0.3) is 0 Å². The minimum absolute atomic E-state index is 0.134. The Kier molecular flexibility index (Phi) is 8.24. The highest BCUT2D eigenvalue weighted by Crippen LogP contribution is 2.32. The molecule has 10 heteroatoms. The maximum Gasteiger partial charge on any atom is 0.255 e. The Morgan fingerprint density at radius 3 is 2.26 bits per heavy atom. The fourth-order valence-corrected chi connectivity index (χ4v) is 4.05. The Morgan fingerprint density at radius 1 is 0.941 bits per heavy atom. The van der Waals surface area contributed by atoms with Gasteiger partial charge in [-0.1, -0.05) is 40.9 Å². The van der Waals surface area contributed by atoms with E-state index in [1.165, 1.54) is 12.1 Å². The van der Waals surface area contributed by atoms with Crippen LogP contribution in [0.4, 0.5) is 0 Å². The first-order chi connectivity index (χ1) is 16.2. The summed E-state index contributed by atoms with van der Waals surface area (Å²) in [6.45, 7) is -0.243. The highest BCUT2D eigenvalue weighted by atomic mass is 35.5. The van der Waals surface area contributed by atoms with Crippen LogP contribution >= 0.6 is 34.8 Å². The van der Waals surface area contributed by atoms with Gasteiger partial charge < -0.3 is 20.9 Å². The smallest absolute Gasteiger partial charge is 0.255 e. The maximum absolute atomic E-state index is 12.2. The molecule has 3 rings (SSSR count). The molecule has 7 nitrogen and oxygen atoms in total. The SMILES string of the molecule is N#Cc1ccc(Cc2c(Cl)cc(OCc3cc(Cl)cc(Cl)c3)cc2C(N)=O)c(OCC(N)=O)c1. The molecule has 3 aromatic rings. The van der Waals surface area contributed by atoms with Crippen LogP contribution < -0.4 is 20.9 Å². The average Bonchev–Trinajstić information content (AvgIpc) is 2.77. The van der Waals surface area contributed by atoms with Gasteiger partial charge in [-0.05, 0) is 59.2 Å². The molecule has 0 unspecified atom stereocenters. The van der Waals surface area contributed by atoms with E-state index >= 15 is 0 Å². The molecule has 34 heavy (non-hydrogen) atoms. The summed E-state index contributed by atoms with van der Waals surface area (Å²) < 4.78 is 11.2.